The molecule has 1 aromatic rings. The van der Waals surface area contributed by atoms with Crippen LogP contribution in [0.1, 0.15) is 40.2 Å². The van der Waals surface area contributed by atoms with E-state index in [1.807, 2.05) is 0 Å². The summed E-state index contributed by atoms with van der Waals surface area (Å²) in [6.07, 6.45) is -0.569. The lowest BCUT2D eigenvalue weighted by atomic mass is 9.96. The van der Waals surface area contributed by atoms with Gasteiger partial charge in [0.1, 0.15) is 5.60 Å². The summed E-state index contributed by atoms with van der Waals surface area (Å²) in [5.41, 5.74) is -0.683. The fourth-order valence-electron chi connectivity index (χ4n) is 1.55. The number of ether oxygens (including phenoxy) is 1. The number of carbonyl (C=O) groups excluding carboxylic acids is 1. The molecule has 0 saturated heterocycles. The smallest absolute Gasteiger partial charge is 0.412 e. The van der Waals surface area contributed by atoms with Crippen molar-refractivity contribution in [2.45, 2.75) is 45.8 Å². The molecular formula is C14H20ClNO3. The van der Waals surface area contributed by atoms with Crippen molar-refractivity contribution in [3.8, 4) is 0 Å². The highest BCUT2D eigenvalue weighted by atomic mass is 35.5. The standard InChI is InChI=1S/C14H20ClNO3/c1-13(2,3)19-12(17)16-11-7-6-9(15)8-10(11)14(4,5)18/h6-8,18H,1-5H3,(H,16,17). The van der Waals surface area contributed by atoms with Crippen LogP contribution in [-0.2, 0) is 10.3 Å². The summed E-state index contributed by atoms with van der Waals surface area (Å²) in [5.74, 6) is 0. The van der Waals surface area contributed by atoms with E-state index in [4.69, 9.17) is 16.3 Å². The molecule has 0 atom stereocenters. The number of hydrogen-bond donors (Lipinski definition) is 2. The van der Waals surface area contributed by atoms with Crippen molar-refractivity contribution in [3.05, 3.63) is 28.8 Å². The lowest BCUT2D eigenvalue weighted by molar-refractivity contribution is 0.0632. The van der Waals surface area contributed by atoms with Gasteiger partial charge in [-0.25, -0.2) is 4.79 Å². The maximum absolute atomic E-state index is 11.7. The van der Waals surface area contributed by atoms with Crippen LogP contribution < -0.4 is 5.32 Å². The molecule has 19 heavy (non-hydrogen) atoms. The Bertz CT molecular complexity index is 473. The third-order valence-corrected chi connectivity index (χ3v) is 2.51. The van der Waals surface area contributed by atoms with Gasteiger partial charge in [0.05, 0.1) is 11.3 Å². The van der Waals surface area contributed by atoms with Crippen LogP contribution in [0.2, 0.25) is 5.02 Å². The minimum atomic E-state index is -1.12. The fraction of sp³-hybridized carbons (Fsp3) is 0.500. The van der Waals surface area contributed by atoms with Gasteiger partial charge in [-0.15, -0.1) is 0 Å². The second-order valence-electron chi connectivity index (χ2n) is 5.88. The molecule has 106 valence electrons. The third-order valence-electron chi connectivity index (χ3n) is 2.28. The molecule has 0 bridgehead atoms. The molecule has 0 aliphatic carbocycles. The van der Waals surface area contributed by atoms with Gasteiger partial charge in [-0.05, 0) is 52.8 Å². The normalized spacial score (nSPS) is 12.2. The van der Waals surface area contributed by atoms with Crippen molar-refractivity contribution in [2.24, 2.45) is 0 Å². The minimum absolute atomic E-state index is 0.478. The molecule has 5 heteroatoms. The number of benzene rings is 1. The number of halogens is 1. The topological polar surface area (TPSA) is 58.6 Å². The molecule has 2 N–H and O–H groups in total. The van der Waals surface area contributed by atoms with E-state index in [-0.39, 0.29) is 0 Å². The fourth-order valence-corrected chi connectivity index (χ4v) is 1.72. The Balaban J connectivity index is 2.99. The predicted octanol–water partition coefficient (Wildman–Crippen LogP) is 3.91. The van der Waals surface area contributed by atoms with Crippen LogP contribution in [0.25, 0.3) is 0 Å². The summed E-state index contributed by atoms with van der Waals surface area (Å²) in [6.45, 7) is 8.60. The van der Waals surface area contributed by atoms with Gasteiger partial charge in [0, 0.05) is 10.6 Å². The van der Waals surface area contributed by atoms with E-state index in [1.54, 1.807) is 52.8 Å². The Hall–Kier alpha value is -1.26. The Labute approximate surface area is 118 Å². The Kier molecular flexibility index (Phi) is 4.48. The molecule has 0 fully saturated rings. The van der Waals surface area contributed by atoms with Gasteiger partial charge in [-0.1, -0.05) is 11.6 Å². The Morgan fingerprint density at radius 3 is 2.32 bits per heavy atom. The zero-order chi connectivity index (χ0) is 14.8. The largest absolute Gasteiger partial charge is 0.444 e. The maximum atomic E-state index is 11.7. The molecule has 0 aliphatic rings. The molecule has 1 rings (SSSR count). The molecule has 0 aromatic heterocycles. The van der Waals surface area contributed by atoms with Crippen molar-refractivity contribution in [1.29, 1.82) is 0 Å². The molecule has 0 unspecified atom stereocenters. The van der Waals surface area contributed by atoms with Gasteiger partial charge >= 0.3 is 6.09 Å². The molecular weight excluding hydrogens is 266 g/mol. The van der Waals surface area contributed by atoms with Crippen LogP contribution in [-0.4, -0.2) is 16.8 Å². The monoisotopic (exact) mass is 285 g/mol. The minimum Gasteiger partial charge on any atom is -0.444 e. The number of hydrogen-bond acceptors (Lipinski definition) is 3. The van der Waals surface area contributed by atoms with Crippen LogP contribution in [0, 0.1) is 0 Å². The molecule has 4 nitrogen and oxygen atoms in total. The van der Waals surface area contributed by atoms with E-state index < -0.39 is 17.3 Å². The van der Waals surface area contributed by atoms with Gasteiger partial charge in [0.2, 0.25) is 0 Å². The summed E-state index contributed by atoms with van der Waals surface area (Å²) < 4.78 is 5.17. The number of rotatable bonds is 2. The van der Waals surface area contributed by atoms with Crippen LogP contribution in [0.5, 0.6) is 0 Å². The van der Waals surface area contributed by atoms with Crippen molar-refractivity contribution >= 4 is 23.4 Å². The summed E-state index contributed by atoms with van der Waals surface area (Å²) in [6, 6.07) is 4.90. The second-order valence-corrected chi connectivity index (χ2v) is 6.31. The van der Waals surface area contributed by atoms with E-state index >= 15 is 0 Å². The first kappa shape index (κ1) is 15.8. The number of aliphatic hydroxyl groups is 1. The number of amides is 1. The van der Waals surface area contributed by atoms with E-state index in [2.05, 4.69) is 5.32 Å². The van der Waals surface area contributed by atoms with Gasteiger partial charge in [0.15, 0.2) is 0 Å². The SMILES string of the molecule is CC(C)(C)OC(=O)Nc1ccc(Cl)cc1C(C)(C)O. The molecule has 0 saturated carbocycles. The van der Waals surface area contributed by atoms with Crippen molar-refractivity contribution < 1.29 is 14.6 Å². The van der Waals surface area contributed by atoms with Gasteiger partial charge < -0.3 is 9.84 Å². The molecule has 1 amide bonds. The highest BCUT2D eigenvalue weighted by Crippen LogP contribution is 2.30. The van der Waals surface area contributed by atoms with E-state index in [0.29, 0.717) is 16.3 Å². The Morgan fingerprint density at radius 1 is 1.26 bits per heavy atom. The van der Waals surface area contributed by atoms with Crippen molar-refractivity contribution in [3.63, 3.8) is 0 Å². The summed E-state index contributed by atoms with van der Waals surface area (Å²) in [4.78, 5) is 11.7. The first-order valence-corrected chi connectivity index (χ1v) is 6.39. The van der Waals surface area contributed by atoms with Gasteiger partial charge in [-0.3, -0.25) is 5.32 Å². The summed E-state index contributed by atoms with van der Waals surface area (Å²) in [7, 11) is 0. The summed E-state index contributed by atoms with van der Waals surface area (Å²) in [5, 5.41) is 13.2. The van der Waals surface area contributed by atoms with Crippen LogP contribution in [0.3, 0.4) is 0 Å². The van der Waals surface area contributed by atoms with Crippen molar-refractivity contribution in [1.82, 2.24) is 0 Å². The molecule has 0 spiro atoms. The van der Waals surface area contributed by atoms with Crippen molar-refractivity contribution in [2.75, 3.05) is 5.32 Å². The number of nitrogens with one attached hydrogen (secondary N) is 1. The molecule has 0 heterocycles. The predicted molar refractivity (Wildman–Crippen MR) is 76.6 cm³/mol. The second kappa shape index (κ2) is 5.39. The van der Waals surface area contributed by atoms with Gasteiger partial charge in [-0.2, -0.15) is 0 Å². The maximum Gasteiger partial charge on any atom is 0.412 e. The quantitative estimate of drug-likeness (QED) is 0.866. The summed E-state index contributed by atoms with van der Waals surface area (Å²) >= 11 is 5.91. The van der Waals surface area contributed by atoms with Crippen LogP contribution in [0.15, 0.2) is 18.2 Å². The van der Waals surface area contributed by atoms with E-state index in [0.717, 1.165) is 0 Å². The average molecular weight is 286 g/mol. The Morgan fingerprint density at radius 2 is 1.84 bits per heavy atom. The van der Waals surface area contributed by atoms with Crippen LogP contribution >= 0.6 is 11.6 Å². The molecule has 1 aromatic carbocycles. The zero-order valence-corrected chi connectivity index (χ0v) is 12.6. The molecule has 0 radical (unpaired) electrons. The molecule has 0 aliphatic heterocycles. The van der Waals surface area contributed by atoms with Gasteiger partial charge in [0.25, 0.3) is 0 Å². The highest BCUT2D eigenvalue weighted by molar-refractivity contribution is 6.30. The average Bonchev–Trinajstić information content (AvgIpc) is 2.16. The van der Waals surface area contributed by atoms with Crippen LogP contribution in [0.4, 0.5) is 10.5 Å². The third kappa shape index (κ3) is 5.09. The highest BCUT2D eigenvalue weighted by Gasteiger charge is 2.23. The lowest BCUT2D eigenvalue weighted by Crippen LogP contribution is -2.28. The zero-order valence-electron chi connectivity index (χ0n) is 11.9. The lowest BCUT2D eigenvalue weighted by Gasteiger charge is -2.24. The van der Waals surface area contributed by atoms with E-state index in [9.17, 15) is 9.90 Å². The first-order chi connectivity index (χ1) is 8.49. The first-order valence-electron chi connectivity index (χ1n) is 6.01. The van der Waals surface area contributed by atoms with E-state index in [1.165, 1.54) is 0 Å². The number of carbonyl (C=O) groups is 1. The number of anilines is 1.